The van der Waals surface area contributed by atoms with E-state index in [1.807, 2.05) is 30.3 Å². The number of aromatic amines is 1. The molecule has 1 N–H and O–H groups in total. The predicted octanol–water partition coefficient (Wildman–Crippen LogP) is 2.67. The van der Waals surface area contributed by atoms with Crippen LogP contribution in [0.1, 0.15) is 0 Å². The fourth-order valence-electron chi connectivity index (χ4n) is 1.63. The van der Waals surface area contributed by atoms with E-state index in [4.69, 9.17) is 11.6 Å². The third kappa shape index (κ3) is 1.35. The molecule has 0 aliphatic heterocycles. The predicted molar refractivity (Wildman–Crippen MR) is 62.1 cm³/mol. The molecular weight excluding hydrogens is 224 g/mol. The van der Waals surface area contributed by atoms with Crippen molar-refractivity contribution in [1.29, 1.82) is 0 Å². The van der Waals surface area contributed by atoms with Gasteiger partial charge < -0.3 is 0 Å². The van der Waals surface area contributed by atoms with Crippen molar-refractivity contribution < 1.29 is 0 Å². The SMILES string of the molecule is Clc1ncnc2n[nH]c(-c3ccccc3)c12. The van der Waals surface area contributed by atoms with Gasteiger partial charge in [-0.25, -0.2) is 9.97 Å². The Bertz CT molecular complexity index is 633. The maximum absolute atomic E-state index is 6.04. The first-order chi connectivity index (χ1) is 7.86. The summed E-state index contributed by atoms with van der Waals surface area (Å²) in [5.74, 6) is 0. The van der Waals surface area contributed by atoms with Gasteiger partial charge in [0.05, 0.1) is 11.1 Å². The van der Waals surface area contributed by atoms with Gasteiger partial charge in [0.15, 0.2) is 5.65 Å². The van der Waals surface area contributed by atoms with Gasteiger partial charge in [0, 0.05) is 5.56 Å². The molecule has 0 fully saturated rings. The molecule has 2 aromatic heterocycles. The van der Waals surface area contributed by atoms with Crippen molar-refractivity contribution in [2.45, 2.75) is 0 Å². The van der Waals surface area contributed by atoms with Crippen LogP contribution in [-0.2, 0) is 0 Å². The quantitative estimate of drug-likeness (QED) is 0.654. The number of hydrogen-bond acceptors (Lipinski definition) is 3. The molecule has 0 amide bonds. The number of fused-ring (bicyclic) bond motifs is 1. The van der Waals surface area contributed by atoms with Crippen molar-refractivity contribution in [2.75, 3.05) is 0 Å². The monoisotopic (exact) mass is 230 g/mol. The van der Waals surface area contributed by atoms with Crippen molar-refractivity contribution in [1.82, 2.24) is 20.2 Å². The van der Waals surface area contributed by atoms with Gasteiger partial charge in [-0.15, -0.1) is 0 Å². The van der Waals surface area contributed by atoms with E-state index in [9.17, 15) is 0 Å². The Morgan fingerprint density at radius 2 is 1.88 bits per heavy atom. The van der Waals surface area contributed by atoms with E-state index in [2.05, 4.69) is 20.2 Å². The van der Waals surface area contributed by atoms with E-state index < -0.39 is 0 Å². The highest BCUT2D eigenvalue weighted by Gasteiger charge is 2.11. The highest BCUT2D eigenvalue weighted by Crippen LogP contribution is 2.28. The molecule has 0 saturated heterocycles. The molecule has 2 heterocycles. The molecule has 1 aromatic carbocycles. The fraction of sp³-hybridized carbons (Fsp3) is 0. The summed E-state index contributed by atoms with van der Waals surface area (Å²) < 4.78 is 0. The highest BCUT2D eigenvalue weighted by molar-refractivity contribution is 6.34. The zero-order chi connectivity index (χ0) is 11.0. The first-order valence-electron chi connectivity index (χ1n) is 4.76. The zero-order valence-corrected chi connectivity index (χ0v) is 8.94. The molecule has 0 bridgehead atoms. The molecule has 0 radical (unpaired) electrons. The molecule has 3 rings (SSSR count). The lowest BCUT2D eigenvalue weighted by Gasteiger charge is -1.98. The van der Waals surface area contributed by atoms with E-state index in [0.29, 0.717) is 10.8 Å². The molecule has 4 nitrogen and oxygen atoms in total. The summed E-state index contributed by atoms with van der Waals surface area (Å²) in [6.45, 7) is 0. The van der Waals surface area contributed by atoms with Crippen LogP contribution in [0.2, 0.25) is 5.15 Å². The third-order valence-electron chi connectivity index (χ3n) is 2.37. The van der Waals surface area contributed by atoms with Crippen molar-refractivity contribution in [3.63, 3.8) is 0 Å². The number of H-pyrrole nitrogens is 1. The van der Waals surface area contributed by atoms with Crippen LogP contribution in [0.4, 0.5) is 0 Å². The van der Waals surface area contributed by atoms with Crippen molar-refractivity contribution >= 4 is 22.6 Å². The van der Waals surface area contributed by atoms with E-state index in [-0.39, 0.29) is 0 Å². The first-order valence-corrected chi connectivity index (χ1v) is 5.14. The summed E-state index contributed by atoms with van der Waals surface area (Å²) >= 11 is 6.04. The van der Waals surface area contributed by atoms with Gasteiger partial charge >= 0.3 is 0 Å². The number of nitrogens with one attached hydrogen (secondary N) is 1. The second-order valence-electron chi connectivity index (χ2n) is 3.33. The van der Waals surface area contributed by atoms with Crippen molar-refractivity contribution in [2.24, 2.45) is 0 Å². The summed E-state index contributed by atoms with van der Waals surface area (Å²) in [5, 5.41) is 8.20. The normalized spacial score (nSPS) is 10.8. The molecule has 0 atom stereocenters. The molecule has 16 heavy (non-hydrogen) atoms. The first kappa shape index (κ1) is 9.30. The van der Waals surface area contributed by atoms with Crippen LogP contribution >= 0.6 is 11.6 Å². The number of benzene rings is 1. The zero-order valence-electron chi connectivity index (χ0n) is 8.18. The molecule has 0 spiro atoms. The topological polar surface area (TPSA) is 54.5 Å². The molecule has 3 aromatic rings. The summed E-state index contributed by atoms with van der Waals surface area (Å²) in [4.78, 5) is 8.01. The number of aromatic nitrogens is 4. The van der Waals surface area contributed by atoms with Gasteiger partial charge in [0.2, 0.25) is 0 Å². The Morgan fingerprint density at radius 1 is 1.06 bits per heavy atom. The minimum Gasteiger partial charge on any atom is -0.275 e. The van der Waals surface area contributed by atoms with E-state index in [0.717, 1.165) is 16.6 Å². The van der Waals surface area contributed by atoms with Gasteiger partial charge in [0.25, 0.3) is 0 Å². The standard InChI is InChI=1S/C11H7ClN4/c12-10-8-9(7-4-2-1-3-5-7)15-16-11(8)14-6-13-10/h1-6H,(H,13,14,15,16). The molecule has 0 aliphatic carbocycles. The molecular formula is C11H7ClN4. The van der Waals surface area contributed by atoms with Crippen LogP contribution < -0.4 is 0 Å². The van der Waals surface area contributed by atoms with Crippen molar-refractivity contribution in [3.05, 3.63) is 41.8 Å². The Balaban J connectivity index is 2.33. The lowest BCUT2D eigenvalue weighted by Crippen LogP contribution is -1.82. The minimum atomic E-state index is 0.414. The fourth-order valence-corrected chi connectivity index (χ4v) is 1.86. The number of hydrogen-bond donors (Lipinski definition) is 1. The summed E-state index contributed by atoms with van der Waals surface area (Å²) in [6.07, 6.45) is 1.40. The largest absolute Gasteiger partial charge is 0.275 e. The van der Waals surface area contributed by atoms with Gasteiger partial charge in [0.1, 0.15) is 11.5 Å². The van der Waals surface area contributed by atoms with Crippen LogP contribution in [0.3, 0.4) is 0 Å². The Morgan fingerprint density at radius 3 is 2.69 bits per heavy atom. The average Bonchev–Trinajstić information content (AvgIpc) is 2.75. The third-order valence-corrected chi connectivity index (χ3v) is 2.65. The van der Waals surface area contributed by atoms with Gasteiger partial charge in [-0.2, -0.15) is 5.10 Å². The van der Waals surface area contributed by atoms with E-state index in [1.54, 1.807) is 0 Å². The summed E-state index contributed by atoms with van der Waals surface area (Å²) in [6, 6.07) is 9.84. The number of nitrogens with zero attached hydrogens (tertiary/aromatic N) is 3. The average molecular weight is 231 g/mol. The summed E-state index contributed by atoms with van der Waals surface area (Å²) in [5.41, 5.74) is 2.45. The second-order valence-corrected chi connectivity index (χ2v) is 3.69. The smallest absolute Gasteiger partial charge is 0.186 e. The molecule has 0 aliphatic rings. The van der Waals surface area contributed by atoms with Gasteiger partial charge in [-0.3, -0.25) is 5.10 Å². The van der Waals surface area contributed by atoms with Crippen LogP contribution in [0, 0.1) is 0 Å². The maximum atomic E-state index is 6.04. The highest BCUT2D eigenvalue weighted by atomic mass is 35.5. The maximum Gasteiger partial charge on any atom is 0.186 e. The molecule has 0 saturated carbocycles. The molecule has 78 valence electrons. The second kappa shape index (κ2) is 3.57. The van der Waals surface area contributed by atoms with Crippen LogP contribution in [0.15, 0.2) is 36.7 Å². The molecule has 5 heteroatoms. The summed E-state index contributed by atoms with van der Waals surface area (Å²) in [7, 11) is 0. The van der Waals surface area contributed by atoms with Gasteiger partial charge in [-0.1, -0.05) is 41.9 Å². The Kier molecular flexibility index (Phi) is 2.08. The lowest BCUT2D eigenvalue weighted by molar-refractivity contribution is 1.09. The van der Waals surface area contributed by atoms with Crippen molar-refractivity contribution in [3.8, 4) is 11.3 Å². The minimum absolute atomic E-state index is 0.414. The van der Waals surface area contributed by atoms with E-state index in [1.165, 1.54) is 6.33 Å². The number of halogens is 1. The van der Waals surface area contributed by atoms with Crippen LogP contribution in [-0.4, -0.2) is 20.2 Å². The lowest BCUT2D eigenvalue weighted by atomic mass is 10.1. The Hall–Kier alpha value is -1.94. The number of rotatable bonds is 1. The van der Waals surface area contributed by atoms with Crippen LogP contribution in [0.5, 0.6) is 0 Å². The van der Waals surface area contributed by atoms with E-state index >= 15 is 0 Å². The van der Waals surface area contributed by atoms with Crippen LogP contribution in [0.25, 0.3) is 22.3 Å². The molecule has 0 unspecified atom stereocenters. The Labute approximate surface area is 96.3 Å². The van der Waals surface area contributed by atoms with Gasteiger partial charge in [-0.05, 0) is 0 Å².